The summed E-state index contributed by atoms with van der Waals surface area (Å²) >= 11 is 0.983. The van der Waals surface area contributed by atoms with E-state index in [4.69, 9.17) is 5.11 Å². The van der Waals surface area contributed by atoms with Crippen molar-refractivity contribution in [1.29, 1.82) is 0 Å². The Morgan fingerprint density at radius 1 is 1.44 bits per heavy atom. The van der Waals surface area contributed by atoms with Crippen LogP contribution in [0.3, 0.4) is 0 Å². The minimum atomic E-state index is -1.04. The summed E-state index contributed by atoms with van der Waals surface area (Å²) in [6.45, 7) is 7.48. The number of nitrogens with one attached hydrogen (secondary N) is 1. The van der Waals surface area contributed by atoms with Crippen LogP contribution in [-0.4, -0.2) is 32.6 Å². The normalized spacial score (nSPS) is 13.1. The third-order valence-electron chi connectivity index (χ3n) is 2.42. The van der Waals surface area contributed by atoms with Gasteiger partial charge in [0.05, 0.1) is 5.69 Å². The molecule has 1 aromatic rings. The minimum Gasteiger partial charge on any atom is -0.480 e. The fraction of sp³-hybridized carbons (Fsp3) is 0.636. The van der Waals surface area contributed by atoms with E-state index in [9.17, 15) is 9.59 Å². The average Bonchev–Trinajstić information content (AvgIpc) is 2.73. The van der Waals surface area contributed by atoms with Crippen molar-refractivity contribution >= 4 is 23.4 Å². The number of hydrogen-bond acceptors (Lipinski definition) is 5. The predicted octanol–water partition coefficient (Wildman–Crippen LogP) is 1.43. The number of rotatable bonds is 4. The molecule has 1 rings (SSSR count). The maximum Gasteiger partial charge on any atom is 0.326 e. The van der Waals surface area contributed by atoms with Crippen molar-refractivity contribution in [2.24, 2.45) is 0 Å². The van der Waals surface area contributed by atoms with E-state index in [1.165, 1.54) is 0 Å². The molecule has 0 spiro atoms. The second-order valence-corrected chi connectivity index (χ2v) is 5.73. The summed E-state index contributed by atoms with van der Waals surface area (Å²) in [4.78, 5) is 23.3. The van der Waals surface area contributed by atoms with E-state index >= 15 is 0 Å². The largest absolute Gasteiger partial charge is 0.480 e. The summed E-state index contributed by atoms with van der Waals surface area (Å²) in [6, 6.07) is -0.882. The highest BCUT2D eigenvalue weighted by Crippen LogP contribution is 2.25. The van der Waals surface area contributed by atoms with Crippen LogP contribution < -0.4 is 5.32 Å². The molecule has 0 aliphatic carbocycles. The van der Waals surface area contributed by atoms with Crippen LogP contribution in [0, 0.1) is 0 Å². The van der Waals surface area contributed by atoms with Gasteiger partial charge in [0.2, 0.25) is 0 Å². The van der Waals surface area contributed by atoms with Gasteiger partial charge in [0.1, 0.15) is 10.9 Å². The molecule has 0 unspecified atom stereocenters. The summed E-state index contributed by atoms with van der Waals surface area (Å²) in [5, 5.41) is 15.3. The van der Waals surface area contributed by atoms with Crippen molar-refractivity contribution < 1.29 is 14.7 Å². The quantitative estimate of drug-likeness (QED) is 0.864. The molecule has 100 valence electrons. The fourth-order valence-electron chi connectivity index (χ4n) is 1.39. The van der Waals surface area contributed by atoms with Crippen LogP contribution in [0.25, 0.3) is 0 Å². The molecule has 0 aliphatic rings. The first-order valence-corrected chi connectivity index (χ1v) is 6.41. The summed E-state index contributed by atoms with van der Waals surface area (Å²) in [6.07, 6.45) is 0.332. The number of carboxylic acid groups (broad SMARTS) is 1. The number of carbonyl (C=O) groups is 2. The van der Waals surface area contributed by atoms with Crippen molar-refractivity contribution in [2.45, 2.75) is 45.6 Å². The van der Waals surface area contributed by atoms with E-state index in [2.05, 4.69) is 14.9 Å². The molecule has 0 aromatic carbocycles. The first-order chi connectivity index (χ1) is 8.27. The van der Waals surface area contributed by atoms with Crippen LogP contribution in [-0.2, 0) is 10.2 Å². The minimum absolute atomic E-state index is 0.301. The highest BCUT2D eigenvalue weighted by atomic mass is 32.1. The molecule has 18 heavy (non-hydrogen) atoms. The van der Waals surface area contributed by atoms with Crippen LogP contribution in [0.1, 0.15) is 49.5 Å². The molecule has 0 saturated carbocycles. The van der Waals surface area contributed by atoms with E-state index < -0.39 is 17.9 Å². The third kappa shape index (κ3) is 3.25. The number of amides is 1. The molecule has 1 heterocycles. The molecule has 6 nitrogen and oxygen atoms in total. The number of aromatic nitrogens is 2. The van der Waals surface area contributed by atoms with Gasteiger partial charge in [-0.15, -0.1) is 5.10 Å². The Bertz CT molecular complexity index is 451. The Balaban J connectivity index is 2.92. The van der Waals surface area contributed by atoms with E-state index in [1.807, 2.05) is 20.8 Å². The monoisotopic (exact) mass is 271 g/mol. The van der Waals surface area contributed by atoms with E-state index in [0.717, 1.165) is 11.5 Å². The van der Waals surface area contributed by atoms with Crippen LogP contribution in [0.5, 0.6) is 0 Å². The van der Waals surface area contributed by atoms with Gasteiger partial charge in [0.15, 0.2) is 0 Å². The van der Waals surface area contributed by atoms with Crippen molar-refractivity contribution in [1.82, 2.24) is 14.9 Å². The van der Waals surface area contributed by atoms with Crippen molar-refractivity contribution in [3.63, 3.8) is 0 Å². The molecular weight excluding hydrogens is 254 g/mol. The van der Waals surface area contributed by atoms with Crippen LogP contribution in [0.2, 0.25) is 0 Å². The number of aliphatic carboxylic acids is 1. The summed E-state index contributed by atoms with van der Waals surface area (Å²) < 4.78 is 3.77. The van der Waals surface area contributed by atoms with Gasteiger partial charge in [-0.05, 0) is 18.0 Å². The first kappa shape index (κ1) is 14.6. The molecule has 7 heteroatoms. The summed E-state index contributed by atoms with van der Waals surface area (Å²) in [7, 11) is 0. The van der Waals surface area contributed by atoms with Gasteiger partial charge in [-0.3, -0.25) is 4.79 Å². The molecule has 1 amide bonds. The van der Waals surface area contributed by atoms with Crippen LogP contribution >= 0.6 is 11.5 Å². The van der Waals surface area contributed by atoms with E-state index in [1.54, 1.807) is 6.92 Å². The highest BCUT2D eigenvalue weighted by Gasteiger charge is 2.28. The summed E-state index contributed by atoms with van der Waals surface area (Å²) in [5.41, 5.74) is 0.287. The molecule has 2 N–H and O–H groups in total. The van der Waals surface area contributed by atoms with Crippen LogP contribution in [0.15, 0.2) is 0 Å². The van der Waals surface area contributed by atoms with Crippen molar-refractivity contribution in [3.05, 3.63) is 10.6 Å². The lowest BCUT2D eigenvalue weighted by Gasteiger charge is -2.17. The molecule has 0 radical (unpaired) electrons. The SMILES string of the molecule is CC[C@H](NC(=O)c1snnc1C(C)(C)C)C(=O)O. The molecule has 1 aromatic heterocycles. The lowest BCUT2D eigenvalue weighted by molar-refractivity contribution is -0.139. The third-order valence-corrected chi connectivity index (χ3v) is 3.14. The number of hydrogen-bond donors (Lipinski definition) is 2. The Labute approximate surface area is 110 Å². The smallest absolute Gasteiger partial charge is 0.326 e. The average molecular weight is 271 g/mol. The zero-order valence-corrected chi connectivity index (χ0v) is 11.7. The second-order valence-electron chi connectivity index (χ2n) is 4.97. The van der Waals surface area contributed by atoms with Gasteiger partial charge in [-0.2, -0.15) is 0 Å². The zero-order chi connectivity index (χ0) is 13.9. The Morgan fingerprint density at radius 2 is 2.06 bits per heavy atom. The number of carboxylic acids is 1. The Kier molecular flexibility index (Phi) is 4.39. The molecule has 0 bridgehead atoms. The molecule has 0 fully saturated rings. The lowest BCUT2D eigenvalue weighted by atomic mass is 9.91. The fourth-order valence-corrected chi connectivity index (χ4v) is 2.17. The van der Waals surface area contributed by atoms with Crippen molar-refractivity contribution in [2.75, 3.05) is 0 Å². The predicted molar refractivity (Wildman–Crippen MR) is 67.8 cm³/mol. The van der Waals surface area contributed by atoms with Gasteiger partial charge in [-0.1, -0.05) is 32.2 Å². The Morgan fingerprint density at radius 3 is 2.50 bits per heavy atom. The molecule has 0 aliphatic heterocycles. The van der Waals surface area contributed by atoms with Crippen molar-refractivity contribution in [3.8, 4) is 0 Å². The van der Waals surface area contributed by atoms with Gasteiger partial charge in [0, 0.05) is 5.41 Å². The zero-order valence-electron chi connectivity index (χ0n) is 10.9. The topological polar surface area (TPSA) is 92.2 Å². The highest BCUT2D eigenvalue weighted by molar-refractivity contribution is 7.08. The van der Waals surface area contributed by atoms with Gasteiger partial charge in [-0.25, -0.2) is 4.79 Å². The molecule has 1 atom stereocenters. The van der Waals surface area contributed by atoms with E-state index in [-0.39, 0.29) is 5.41 Å². The first-order valence-electron chi connectivity index (χ1n) is 5.63. The molecule has 0 saturated heterocycles. The summed E-state index contributed by atoms with van der Waals surface area (Å²) in [5.74, 6) is -1.47. The van der Waals surface area contributed by atoms with Gasteiger partial charge in [0.25, 0.3) is 5.91 Å². The molecular formula is C11H17N3O3S. The second kappa shape index (κ2) is 5.43. The van der Waals surface area contributed by atoms with Gasteiger partial charge < -0.3 is 10.4 Å². The number of nitrogens with zero attached hydrogens (tertiary/aromatic N) is 2. The standard InChI is InChI=1S/C11H17N3O3S/c1-5-6(10(16)17)12-9(15)7-8(11(2,3)4)13-14-18-7/h6H,5H2,1-4H3,(H,12,15)(H,16,17)/t6-/m0/s1. The maximum absolute atomic E-state index is 12.0. The number of carbonyl (C=O) groups excluding carboxylic acids is 1. The van der Waals surface area contributed by atoms with E-state index in [0.29, 0.717) is 17.0 Å². The Hall–Kier alpha value is -1.50. The maximum atomic E-state index is 12.0. The van der Waals surface area contributed by atoms with Crippen LogP contribution in [0.4, 0.5) is 0 Å². The lowest BCUT2D eigenvalue weighted by Crippen LogP contribution is -2.40. The van der Waals surface area contributed by atoms with Gasteiger partial charge >= 0.3 is 5.97 Å².